The van der Waals surface area contributed by atoms with Crippen LogP contribution in [0.25, 0.3) is 0 Å². The molecule has 1 heteroatoms. The van der Waals surface area contributed by atoms with Crippen LogP contribution in [0.5, 0.6) is 0 Å². The number of allylic oxidation sites excluding steroid dienone is 5. The smallest absolute Gasteiger partial charge is 0.124 e. The van der Waals surface area contributed by atoms with E-state index in [0.29, 0.717) is 0 Å². The number of terminal acetylenes is 7. The summed E-state index contributed by atoms with van der Waals surface area (Å²) in [5.74, 6) is 41.2. The van der Waals surface area contributed by atoms with Crippen LogP contribution >= 0.6 is 0 Å². The van der Waals surface area contributed by atoms with E-state index in [1.54, 1.807) is 12.2 Å². The minimum atomic E-state index is 0. The Morgan fingerprint density at radius 3 is 0.820 bits per heavy atom. The molecule has 0 unspecified atom stereocenters. The fraction of sp³-hybridized carbons (Fsp3) is 0.265. The van der Waals surface area contributed by atoms with Crippen LogP contribution in [0.4, 0.5) is 0 Å². The molecule has 0 amide bonds. The topological polar surface area (TPSA) is 0 Å². The fourth-order valence-electron chi connectivity index (χ4n) is 1.56. The quantitative estimate of drug-likeness (QED) is 0.0937. The van der Waals surface area contributed by atoms with Crippen LogP contribution in [0.15, 0.2) is 56.7 Å². The van der Waals surface area contributed by atoms with Gasteiger partial charge < -0.3 is 0 Å². The third-order valence-electron chi connectivity index (χ3n) is 3.49. The zero-order valence-electron chi connectivity index (χ0n) is 29.6. The molecular formula is C49H89Ir+. The van der Waals surface area contributed by atoms with Crippen LogP contribution in [-0.4, -0.2) is 0 Å². The summed E-state index contributed by atoms with van der Waals surface area (Å²) in [5.41, 5.74) is 0. The van der Waals surface area contributed by atoms with Gasteiger partial charge in [0.05, 0.1) is 0 Å². The third kappa shape index (κ3) is 179. The largest absolute Gasteiger partial charge is 0.198 e. The molecule has 1 radical (unpaired) electrons. The van der Waals surface area contributed by atoms with Gasteiger partial charge in [-0.2, -0.15) is 0 Å². The Bertz CT molecular complexity index is 1400. The van der Waals surface area contributed by atoms with E-state index in [-0.39, 0.29) is 53.2 Å². The van der Waals surface area contributed by atoms with Crippen molar-refractivity contribution in [3.63, 3.8) is 0 Å². The summed E-state index contributed by atoms with van der Waals surface area (Å²) in [4.78, 5) is 0. The van der Waals surface area contributed by atoms with E-state index in [4.69, 9.17) is 38.5 Å². The van der Waals surface area contributed by atoms with Crippen molar-refractivity contribution in [2.75, 3.05) is 0 Å². The predicted octanol–water partition coefficient (Wildman–Crippen LogP) is 14.3. The summed E-state index contributed by atoms with van der Waals surface area (Å²) >= 11 is 0. The normalized spacial score (nSPS) is 5.24. The molecular weight excluding hydrogens is 781 g/mol. The van der Waals surface area contributed by atoms with Crippen LogP contribution in [0.2, 0.25) is 0 Å². The first kappa shape index (κ1) is 70.0. The molecule has 0 N–H and O–H groups in total. The second kappa shape index (κ2) is 113. The average molecular weight is 870 g/mol. The van der Waals surface area contributed by atoms with Crippen molar-refractivity contribution >= 4 is 0 Å². The van der Waals surface area contributed by atoms with Crippen molar-refractivity contribution in [2.24, 2.45) is 0 Å². The molecule has 50 heavy (non-hydrogen) atoms. The van der Waals surface area contributed by atoms with Gasteiger partial charge in [0.25, 0.3) is 0 Å². The van der Waals surface area contributed by atoms with Crippen LogP contribution in [0.3, 0.4) is 0 Å². The monoisotopic (exact) mass is 871 g/mol. The number of rotatable bonds is 9. The van der Waals surface area contributed by atoms with Gasteiger partial charge in [-0.05, 0) is 126 Å². The predicted molar refractivity (Wildman–Crippen MR) is 263 cm³/mol. The molecule has 0 nitrogen and oxygen atoms in total. The molecule has 0 saturated heterocycles. The van der Waals surface area contributed by atoms with E-state index >= 15 is 0 Å². The van der Waals surface area contributed by atoms with Crippen molar-refractivity contribution < 1.29 is 45.8 Å². The van der Waals surface area contributed by atoms with Gasteiger partial charge in [0.15, 0.2) is 6.58 Å². The summed E-state index contributed by atoms with van der Waals surface area (Å²) < 4.78 is 0. The Balaban J connectivity index is -0.0000000102. The summed E-state index contributed by atoms with van der Waals surface area (Å²) in [6.45, 7) is 24.3. The Morgan fingerprint density at radius 1 is 0.460 bits per heavy atom. The van der Waals surface area contributed by atoms with Crippen molar-refractivity contribution in [2.45, 2.75) is 86.0 Å². The Labute approximate surface area is 352 Å². The number of hydrogen-bond acceptors (Lipinski definition) is 0. The van der Waals surface area contributed by atoms with E-state index in [0.717, 1.165) is 0 Å². The Hall–Kier alpha value is -6.46. The van der Waals surface area contributed by atoms with Crippen LogP contribution in [-0.2, 0) is 20.1 Å². The van der Waals surface area contributed by atoms with Gasteiger partial charge in [0.2, 0.25) is 0 Å². The summed E-state index contributed by atoms with van der Waals surface area (Å²) in [5, 5.41) is 0. The van der Waals surface area contributed by atoms with Crippen LogP contribution < -0.4 is 0 Å². The molecule has 0 aliphatic rings. The van der Waals surface area contributed by atoms with Gasteiger partial charge >= 0.3 is 0 Å². The Morgan fingerprint density at radius 2 is 0.660 bits per heavy atom. The van der Waals surface area contributed by atoms with E-state index in [1.165, 1.54) is 57.8 Å². The first-order valence-corrected chi connectivity index (χ1v) is 14.5. The molecule has 0 bridgehead atoms. The molecule has 0 atom stereocenters. The number of unbranched alkanes of at least 4 members (excludes halogenated alkanes) is 6. The van der Waals surface area contributed by atoms with E-state index in [9.17, 15) is 0 Å². The summed E-state index contributed by atoms with van der Waals surface area (Å²) in [7, 11) is 0. The van der Waals surface area contributed by atoms with Crippen molar-refractivity contribution in [1.82, 2.24) is 0 Å². The fourth-order valence-corrected chi connectivity index (χ4v) is 1.56. The minimum absolute atomic E-state index is 0. The van der Waals surface area contributed by atoms with Gasteiger partial charge in [0.1, 0.15) is 6.58 Å². The zero-order chi connectivity index (χ0) is 38.6. The van der Waals surface area contributed by atoms with Gasteiger partial charge in [0, 0.05) is 45.8 Å². The molecule has 0 saturated carbocycles. The average Bonchev–Trinajstić information content (AvgIpc) is 3.14. The molecule has 0 aromatic carbocycles. The molecule has 0 aliphatic heterocycles. The SMILES string of the molecule is C.C#C.C#CC#C/C=C/C#CC#C.C#CC#CC#C.C#CC#CC#CC#CC#C.C=CCCCC.C=CCCCC.C=CCCCC.[CH+]=C.[HH].[HH].[HH].[HH].[HH].[HH].[HH].[HH].[HH].[HH].[HH].[HH].[HH].[HH].[HH].[HH].[HH].[HH].[Ir]. The molecule has 0 aliphatic carbocycles. The Kier molecular flexibility index (Phi) is 158. The first-order valence-electron chi connectivity index (χ1n) is 14.5. The van der Waals surface area contributed by atoms with Crippen molar-refractivity contribution in [3.8, 4) is 158 Å². The number of hydrogen-bond donors (Lipinski definition) is 0. The first-order chi connectivity index (χ1) is 23.5. The zero-order valence-corrected chi connectivity index (χ0v) is 32.0. The second-order valence-corrected chi connectivity index (χ2v) is 7.03. The molecule has 0 rings (SSSR count). The standard InChI is InChI=1S/C10H4.C10H2.3C6H12.C6H2.C2H3.C2H2.CH4.Ir.18H2/c2*1-3-5-7-9-10-8-6-4-2;4*1-3-5-6-4-2;2*1-2;;;;;;;;;;;;;;;;;;;;/h1-2,9-10H;1-2H;3*3H,1,4-6H2,2H3;1-2H;1H,2H2;1-2H;1H4;;18*1H/q;;;;;;+1;;;;;;;;;;;;;;;;;;;;;/b10-9+;;;;;;;;;;;;;;;;;;;;;;;;;;;. The van der Waals surface area contributed by atoms with Crippen molar-refractivity contribution in [1.29, 1.82) is 0 Å². The van der Waals surface area contributed by atoms with Crippen molar-refractivity contribution in [3.05, 3.63) is 63.3 Å². The molecule has 0 fully saturated rings. The molecule has 293 valence electrons. The molecule has 0 aromatic heterocycles. The van der Waals surface area contributed by atoms with Crippen LogP contribution in [0, 0.1) is 165 Å². The summed E-state index contributed by atoms with van der Waals surface area (Å²) in [6, 6.07) is 0. The molecule has 0 aromatic rings. The summed E-state index contributed by atoms with van der Waals surface area (Å²) in [6.07, 6.45) is 56.9. The molecule has 0 spiro atoms. The third-order valence-corrected chi connectivity index (χ3v) is 3.49. The van der Waals surface area contributed by atoms with E-state index in [2.05, 4.69) is 173 Å². The maximum atomic E-state index is 4.84. The maximum absolute atomic E-state index is 4.84. The van der Waals surface area contributed by atoms with Crippen LogP contribution in [0.1, 0.15) is 112 Å². The van der Waals surface area contributed by atoms with Gasteiger partial charge in [-0.3, -0.25) is 0 Å². The van der Waals surface area contributed by atoms with E-state index in [1.807, 2.05) is 18.2 Å². The second-order valence-electron chi connectivity index (χ2n) is 7.03. The molecule has 0 heterocycles. The minimum Gasteiger partial charge on any atom is -0.124 e. The van der Waals surface area contributed by atoms with Gasteiger partial charge in [-0.15, -0.1) is 71.1 Å². The van der Waals surface area contributed by atoms with Gasteiger partial charge in [-0.1, -0.05) is 96.8 Å². The van der Waals surface area contributed by atoms with Gasteiger partial charge in [-0.25, -0.2) is 0 Å². The van der Waals surface area contributed by atoms with E-state index < -0.39 is 0 Å². The maximum Gasteiger partial charge on any atom is 0.198 e.